The van der Waals surface area contributed by atoms with Crippen LogP contribution in [0.2, 0.25) is 0 Å². The molecule has 4 rings (SSSR count). The number of aromatic hydroxyl groups is 1. The third-order valence-electron chi connectivity index (χ3n) is 5.42. The van der Waals surface area contributed by atoms with Gasteiger partial charge in [0.1, 0.15) is 17.1 Å². The van der Waals surface area contributed by atoms with Gasteiger partial charge in [-0.25, -0.2) is 4.57 Å². The molecule has 0 fully saturated rings. The Morgan fingerprint density at radius 2 is 1.93 bits per heavy atom. The lowest BCUT2D eigenvalue weighted by Crippen LogP contribution is -3.05. The van der Waals surface area contributed by atoms with Gasteiger partial charge in [-0.2, -0.15) is 0 Å². The predicted molar refractivity (Wildman–Crippen MR) is 111 cm³/mol. The second-order valence-electron chi connectivity index (χ2n) is 8.02. The molecule has 0 saturated carbocycles. The molecule has 6 nitrogen and oxygen atoms in total. The number of ether oxygens (including phenoxy) is 1. The summed E-state index contributed by atoms with van der Waals surface area (Å²) in [6.07, 6.45) is 2.76. The third kappa shape index (κ3) is 3.76. The van der Waals surface area contributed by atoms with Crippen LogP contribution in [-0.4, -0.2) is 30.7 Å². The van der Waals surface area contributed by atoms with Crippen molar-refractivity contribution in [2.45, 2.75) is 25.8 Å². The van der Waals surface area contributed by atoms with Crippen LogP contribution in [0.25, 0.3) is 0 Å². The Balaban J connectivity index is 1.82. The topological polar surface area (TPSA) is 76.7 Å². The first-order chi connectivity index (χ1) is 13.9. The minimum atomic E-state index is -0.102. The van der Waals surface area contributed by atoms with Crippen LogP contribution in [0.1, 0.15) is 34.6 Å². The summed E-state index contributed by atoms with van der Waals surface area (Å²) in [7, 11) is 4.29. The first-order valence-corrected chi connectivity index (χ1v) is 9.98. The SMILES string of the molecule is Cc1ccc([C@@H]2c3ccc(O)cc3Oc3nc[n+](CCC[NH+](C)C)c(N)c32)cc1. The monoisotopic (exact) mass is 392 g/mol. The molecule has 150 valence electrons. The third-order valence-corrected chi connectivity index (χ3v) is 5.42. The fourth-order valence-electron chi connectivity index (χ4n) is 3.87. The van der Waals surface area contributed by atoms with Gasteiger partial charge in [-0.3, -0.25) is 0 Å². The van der Waals surface area contributed by atoms with E-state index in [1.807, 2.05) is 10.6 Å². The molecule has 2 aromatic carbocycles. The molecule has 4 N–H and O–H groups in total. The van der Waals surface area contributed by atoms with Crippen molar-refractivity contribution in [2.24, 2.45) is 0 Å². The van der Waals surface area contributed by atoms with Gasteiger partial charge in [-0.15, -0.1) is 0 Å². The molecule has 0 radical (unpaired) electrons. The maximum absolute atomic E-state index is 9.94. The summed E-state index contributed by atoms with van der Waals surface area (Å²) in [6.45, 7) is 3.94. The molecule has 0 unspecified atom stereocenters. The molecular weight excluding hydrogens is 364 g/mol. The normalized spacial score (nSPS) is 15.0. The number of benzene rings is 2. The Morgan fingerprint density at radius 3 is 2.66 bits per heavy atom. The van der Waals surface area contributed by atoms with E-state index < -0.39 is 0 Å². The average Bonchev–Trinajstić information content (AvgIpc) is 2.68. The van der Waals surface area contributed by atoms with E-state index in [2.05, 4.69) is 50.3 Å². The number of quaternary nitrogens is 1. The minimum Gasteiger partial charge on any atom is -0.508 e. The van der Waals surface area contributed by atoms with E-state index in [9.17, 15) is 5.11 Å². The number of hydrogen-bond donors (Lipinski definition) is 3. The van der Waals surface area contributed by atoms with Crippen molar-refractivity contribution in [3.05, 3.63) is 71.0 Å². The highest BCUT2D eigenvalue weighted by Crippen LogP contribution is 2.48. The van der Waals surface area contributed by atoms with Crippen LogP contribution in [0.5, 0.6) is 17.4 Å². The molecule has 1 aliphatic heterocycles. The number of phenols is 1. The highest BCUT2D eigenvalue weighted by Gasteiger charge is 2.36. The molecule has 6 heteroatoms. The van der Waals surface area contributed by atoms with Gasteiger partial charge in [0, 0.05) is 18.1 Å². The van der Waals surface area contributed by atoms with Crippen molar-refractivity contribution >= 4 is 5.82 Å². The second kappa shape index (κ2) is 7.72. The summed E-state index contributed by atoms with van der Waals surface area (Å²) < 4.78 is 8.06. The number of aryl methyl sites for hydroxylation is 2. The van der Waals surface area contributed by atoms with E-state index in [1.165, 1.54) is 10.5 Å². The minimum absolute atomic E-state index is 0.102. The molecule has 0 saturated heterocycles. The van der Waals surface area contributed by atoms with Crippen molar-refractivity contribution in [3.63, 3.8) is 0 Å². The first-order valence-electron chi connectivity index (χ1n) is 9.98. The van der Waals surface area contributed by atoms with Crippen LogP contribution >= 0.6 is 0 Å². The zero-order valence-electron chi connectivity index (χ0n) is 17.1. The summed E-state index contributed by atoms with van der Waals surface area (Å²) in [6, 6.07) is 13.7. The molecule has 0 spiro atoms. The van der Waals surface area contributed by atoms with Crippen molar-refractivity contribution in [1.29, 1.82) is 0 Å². The lowest BCUT2D eigenvalue weighted by molar-refractivity contribution is -0.861. The van der Waals surface area contributed by atoms with Crippen LogP contribution in [0.3, 0.4) is 0 Å². The quantitative estimate of drug-likeness (QED) is 0.453. The van der Waals surface area contributed by atoms with E-state index >= 15 is 0 Å². The van der Waals surface area contributed by atoms with E-state index in [0.717, 1.165) is 36.2 Å². The van der Waals surface area contributed by atoms with E-state index in [4.69, 9.17) is 10.5 Å². The molecule has 29 heavy (non-hydrogen) atoms. The number of nitrogens with one attached hydrogen (secondary N) is 1. The summed E-state index contributed by atoms with van der Waals surface area (Å²) in [5.41, 5.74) is 10.8. The van der Waals surface area contributed by atoms with Gasteiger partial charge in [-0.05, 0) is 18.6 Å². The largest absolute Gasteiger partial charge is 0.508 e. The molecule has 0 aliphatic carbocycles. The molecule has 1 atom stereocenters. The lowest BCUT2D eigenvalue weighted by atomic mass is 9.83. The van der Waals surface area contributed by atoms with Crippen molar-refractivity contribution in [3.8, 4) is 17.4 Å². The number of phenolic OH excluding ortho intramolecular Hbond substituents is 1. The van der Waals surface area contributed by atoms with Crippen molar-refractivity contribution in [1.82, 2.24) is 4.98 Å². The molecule has 2 heterocycles. The van der Waals surface area contributed by atoms with Gasteiger partial charge >= 0.3 is 5.88 Å². The fourth-order valence-corrected chi connectivity index (χ4v) is 3.87. The smallest absolute Gasteiger partial charge is 0.306 e. The molecule has 3 aromatic rings. The maximum Gasteiger partial charge on any atom is 0.306 e. The van der Waals surface area contributed by atoms with Crippen LogP contribution < -0.4 is 19.9 Å². The number of nitrogens with two attached hydrogens (primary N) is 1. The number of aromatic nitrogens is 2. The van der Waals surface area contributed by atoms with Crippen LogP contribution in [0.4, 0.5) is 5.82 Å². The zero-order chi connectivity index (χ0) is 20.5. The van der Waals surface area contributed by atoms with Crippen LogP contribution in [-0.2, 0) is 6.54 Å². The average molecular weight is 393 g/mol. The fraction of sp³-hybridized carbons (Fsp3) is 0.304. The number of nitrogens with zero attached hydrogens (tertiary/aromatic N) is 2. The van der Waals surface area contributed by atoms with Gasteiger partial charge < -0.3 is 20.5 Å². The highest BCUT2D eigenvalue weighted by molar-refractivity contribution is 5.62. The highest BCUT2D eigenvalue weighted by atomic mass is 16.5. The summed E-state index contributed by atoms with van der Waals surface area (Å²) in [5.74, 6) is 1.85. The Hall–Kier alpha value is -3.12. The van der Waals surface area contributed by atoms with Gasteiger partial charge in [0.2, 0.25) is 12.1 Å². The van der Waals surface area contributed by atoms with Gasteiger partial charge in [-0.1, -0.05) is 40.9 Å². The Morgan fingerprint density at radius 1 is 1.17 bits per heavy atom. The van der Waals surface area contributed by atoms with Crippen molar-refractivity contribution < 1.29 is 19.3 Å². The molecule has 0 amide bonds. The first kappa shape index (κ1) is 19.2. The maximum atomic E-state index is 9.94. The Kier molecular flexibility index (Phi) is 5.11. The second-order valence-corrected chi connectivity index (χ2v) is 8.02. The Labute approximate surface area is 171 Å². The predicted octanol–water partition coefficient (Wildman–Crippen LogP) is 1.79. The van der Waals surface area contributed by atoms with Crippen LogP contribution in [0, 0.1) is 6.92 Å². The number of nitrogen functional groups attached to an aromatic ring is 1. The molecule has 0 bridgehead atoms. The van der Waals surface area contributed by atoms with E-state index in [-0.39, 0.29) is 11.7 Å². The number of hydrogen-bond acceptors (Lipinski definition) is 4. The molecular formula is C23H28N4O2+2. The van der Waals surface area contributed by atoms with Gasteiger partial charge in [0.05, 0.1) is 33.1 Å². The number of fused-ring (bicyclic) bond motifs is 2. The number of anilines is 1. The summed E-state index contributed by atoms with van der Waals surface area (Å²) >= 11 is 0. The number of rotatable bonds is 5. The van der Waals surface area contributed by atoms with Crippen molar-refractivity contribution in [2.75, 3.05) is 26.4 Å². The summed E-state index contributed by atoms with van der Waals surface area (Å²) in [5, 5.41) is 9.94. The standard InChI is InChI=1S/C23H26N4O2/c1-15-5-7-16(8-6-15)20-18-10-9-17(28)13-19(18)29-23-21(20)22(24)27(14-25-23)12-4-11-26(2)3/h5-10,13-14,20,24,28H,4,11-12H2,1-3H3/p+2/t20-/m1/s1. The van der Waals surface area contributed by atoms with E-state index in [1.54, 1.807) is 18.5 Å². The van der Waals surface area contributed by atoms with Gasteiger partial charge in [0.15, 0.2) is 0 Å². The van der Waals surface area contributed by atoms with Crippen LogP contribution in [0.15, 0.2) is 48.8 Å². The lowest BCUT2D eigenvalue weighted by Gasteiger charge is -2.27. The molecule has 1 aromatic heterocycles. The molecule has 1 aliphatic rings. The summed E-state index contributed by atoms with van der Waals surface area (Å²) in [4.78, 5) is 5.98. The Bertz CT molecular complexity index is 1030. The van der Waals surface area contributed by atoms with Gasteiger partial charge in [0.25, 0.3) is 0 Å². The zero-order valence-corrected chi connectivity index (χ0v) is 17.1. The van der Waals surface area contributed by atoms with E-state index in [0.29, 0.717) is 17.4 Å².